The number of carbonyl (C=O) groups is 1. The predicted octanol–water partition coefficient (Wildman–Crippen LogP) is 3.73. The third kappa shape index (κ3) is 2.74. The minimum absolute atomic E-state index is 0.249. The molecular weight excluding hydrogens is 224 g/mol. The zero-order valence-electron chi connectivity index (χ0n) is 11.5. The molecule has 2 heteroatoms. The van der Waals surface area contributed by atoms with Gasteiger partial charge in [-0.3, -0.25) is 4.79 Å². The van der Waals surface area contributed by atoms with Crippen LogP contribution in [0.15, 0.2) is 18.2 Å². The maximum Gasteiger partial charge on any atom is 0.136 e. The third-order valence-electron chi connectivity index (χ3n) is 3.83. The molecule has 0 spiro atoms. The highest BCUT2D eigenvalue weighted by Crippen LogP contribution is 2.30. The molecule has 0 aliphatic heterocycles. The normalized spacial score (nSPS) is 19.6. The van der Waals surface area contributed by atoms with Gasteiger partial charge in [-0.05, 0) is 42.4 Å². The van der Waals surface area contributed by atoms with Gasteiger partial charge < -0.3 is 4.74 Å². The number of carbonyl (C=O) groups excluding carboxylic acids is 1. The number of benzene rings is 1. The number of ketones is 1. The summed E-state index contributed by atoms with van der Waals surface area (Å²) in [5.74, 6) is 2.08. The van der Waals surface area contributed by atoms with E-state index in [-0.39, 0.29) is 5.92 Å². The average Bonchev–Trinajstić information content (AvgIpc) is 2.75. The Morgan fingerprint density at radius 1 is 1.39 bits per heavy atom. The zero-order chi connectivity index (χ0) is 13.1. The van der Waals surface area contributed by atoms with Crippen LogP contribution in [0.3, 0.4) is 0 Å². The second-order valence-electron chi connectivity index (χ2n) is 5.49. The Morgan fingerprint density at radius 3 is 2.72 bits per heavy atom. The van der Waals surface area contributed by atoms with Crippen LogP contribution in [0.5, 0.6) is 5.75 Å². The van der Waals surface area contributed by atoms with E-state index in [2.05, 4.69) is 26.0 Å². The fraction of sp³-hybridized carbons (Fsp3) is 0.562. The van der Waals surface area contributed by atoms with Crippen molar-refractivity contribution < 1.29 is 9.53 Å². The molecule has 1 aliphatic rings. The second kappa shape index (κ2) is 5.55. The van der Waals surface area contributed by atoms with E-state index in [0.717, 1.165) is 31.4 Å². The number of methoxy groups -OCH3 is 1. The van der Waals surface area contributed by atoms with Gasteiger partial charge in [0, 0.05) is 12.3 Å². The molecule has 0 radical (unpaired) electrons. The maximum absolute atomic E-state index is 11.7. The van der Waals surface area contributed by atoms with Gasteiger partial charge in [-0.15, -0.1) is 0 Å². The standard InChI is InChI=1S/C16H22O2/c1-11(2)14-10-12(7-8-16(14)18-3)9-13-5-4-6-15(13)17/h7-8,10-11,13H,4-6,9H2,1-3H3. The quantitative estimate of drug-likeness (QED) is 0.809. The van der Waals surface area contributed by atoms with Gasteiger partial charge in [-0.25, -0.2) is 0 Å². The van der Waals surface area contributed by atoms with E-state index in [4.69, 9.17) is 4.74 Å². The monoisotopic (exact) mass is 246 g/mol. The van der Waals surface area contributed by atoms with E-state index in [1.807, 2.05) is 6.07 Å². The van der Waals surface area contributed by atoms with Crippen LogP contribution in [0, 0.1) is 5.92 Å². The molecule has 1 aromatic carbocycles. The Bertz CT molecular complexity index is 435. The highest BCUT2D eigenvalue weighted by atomic mass is 16.5. The summed E-state index contributed by atoms with van der Waals surface area (Å²) >= 11 is 0. The van der Waals surface area contributed by atoms with E-state index in [1.54, 1.807) is 7.11 Å². The van der Waals surface area contributed by atoms with Crippen LogP contribution >= 0.6 is 0 Å². The largest absolute Gasteiger partial charge is 0.496 e. The molecule has 0 N–H and O–H groups in total. The zero-order valence-corrected chi connectivity index (χ0v) is 11.5. The minimum atomic E-state index is 0.249. The van der Waals surface area contributed by atoms with Gasteiger partial charge in [-0.2, -0.15) is 0 Å². The molecule has 1 atom stereocenters. The van der Waals surface area contributed by atoms with Crippen molar-refractivity contribution in [3.63, 3.8) is 0 Å². The fourth-order valence-corrected chi connectivity index (χ4v) is 2.75. The molecule has 0 amide bonds. The molecule has 0 heterocycles. The fourth-order valence-electron chi connectivity index (χ4n) is 2.75. The van der Waals surface area contributed by atoms with Crippen molar-refractivity contribution in [2.75, 3.05) is 7.11 Å². The molecule has 1 unspecified atom stereocenters. The Hall–Kier alpha value is -1.31. The van der Waals surface area contributed by atoms with Crippen LogP contribution in [-0.2, 0) is 11.2 Å². The lowest BCUT2D eigenvalue weighted by molar-refractivity contribution is -0.120. The van der Waals surface area contributed by atoms with Gasteiger partial charge in [0.2, 0.25) is 0 Å². The topological polar surface area (TPSA) is 26.3 Å². The third-order valence-corrected chi connectivity index (χ3v) is 3.83. The van der Waals surface area contributed by atoms with Gasteiger partial charge in [0.05, 0.1) is 7.11 Å². The summed E-state index contributed by atoms with van der Waals surface area (Å²) in [5, 5.41) is 0. The smallest absolute Gasteiger partial charge is 0.136 e. The number of ether oxygens (including phenoxy) is 1. The van der Waals surface area contributed by atoms with Gasteiger partial charge in [0.25, 0.3) is 0 Å². The van der Waals surface area contributed by atoms with Crippen LogP contribution < -0.4 is 4.74 Å². The Balaban J connectivity index is 2.18. The summed E-state index contributed by atoms with van der Waals surface area (Å²) in [6.45, 7) is 4.34. The Morgan fingerprint density at radius 2 is 2.17 bits per heavy atom. The summed E-state index contributed by atoms with van der Waals surface area (Å²) in [5.41, 5.74) is 2.50. The number of Topliss-reactive ketones (excluding diaryl/α,β-unsaturated/α-hetero) is 1. The highest BCUT2D eigenvalue weighted by molar-refractivity contribution is 5.83. The van der Waals surface area contributed by atoms with Crippen molar-refractivity contribution in [1.82, 2.24) is 0 Å². The Kier molecular flexibility index (Phi) is 4.05. The van der Waals surface area contributed by atoms with Crippen LogP contribution in [0.25, 0.3) is 0 Å². The first-order chi connectivity index (χ1) is 8.61. The molecule has 98 valence electrons. The first kappa shape index (κ1) is 13.1. The molecule has 0 saturated heterocycles. The van der Waals surface area contributed by atoms with Gasteiger partial charge in [0.1, 0.15) is 11.5 Å². The molecule has 1 saturated carbocycles. The van der Waals surface area contributed by atoms with Gasteiger partial charge in [-0.1, -0.05) is 26.0 Å². The SMILES string of the molecule is COc1ccc(CC2CCCC2=O)cc1C(C)C. The molecule has 1 aliphatic carbocycles. The summed E-state index contributed by atoms with van der Waals surface area (Å²) in [6, 6.07) is 6.33. The lowest BCUT2D eigenvalue weighted by Gasteiger charge is -2.15. The average molecular weight is 246 g/mol. The molecule has 1 fully saturated rings. The minimum Gasteiger partial charge on any atom is -0.496 e. The first-order valence-electron chi connectivity index (χ1n) is 6.81. The summed E-state index contributed by atoms with van der Waals surface area (Å²) in [6.07, 6.45) is 3.79. The van der Waals surface area contributed by atoms with Crippen LogP contribution in [0.1, 0.15) is 50.2 Å². The number of hydrogen-bond acceptors (Lipinski definition) is 2. The lowest BCUT2D eigenvalue weighted by atomic mass is 9.93. The van der Waals surface area contributed by atoms with Crippen molar-refractivity contribution in [3.05, 3.63) is 29.3 Å². The van der Waals surface area contributed by atoms with Crippen molar-refractivity contribution in [1.29, 1.82) is 0 Å². The molecule has 1 aromatic rings. The van der Waals surface area contributed by atoms with Crippen LogP contribution in [0.2, 0.25) is 0 Å². The molecule has 2 nitrogen and oxygen atoms in total. The molecule has 0 aromatic heterocycles. The van der Waals surface area contributed by atoms with E-state index in [1.165, 1.54) is 11.1 Å². The summed E-state index contributed by atoms with van der Waals surface area (Å²) in [7, 11) is 1.71. The van der Waals surface area contributed by atoms with E-state index in [9.17, 15) is 4.79 Å². The molecular formula is C16H22O2. The summed E-state index contributed by atoms with van der Waals surface area (Å²) < 4.78 is 5.39. The molecule has 2 rings (SSSR count). The second-order valence-corrected chi connectivity index (χ2v) is 5.49. The first-order valence-corrected chi connectivity index (χ1v) is 6.81. The lowest BCUT2D eigenvalue weighted by Crippen LogP contribution is -2.10. The number of rotatable bonds is 4. The predicted molar refractivity (Wildman–Crippen MR) is 73.1 cm³/mol. The van der Waals surface area contributed by atoms with E-state index < -0.39 is 0 Å². The van der Waals surface area contributed by atoms with Crippen molar-refractivity contribution >= 4 is 5.78 Å². The van der Waals surface area contributed by atoms with Crippen molar-refractivity contribution in [3.8, 4) is 5.75 Å². The molecule has 18 heavy (non-hydrogen) atoms. The Labute approximate surface area is 109 Å². The van der Waals surface area contributed by atoms with Crippen molar-refractivity contribution in [2.24, 2.45) is 5.92 Å². The number of hydrogen-bond donors (Lipinski definition) is 0. The van der Waals surface area contributed by atoms with E-state index >= 15 is 0 Å². The summed E-state index contributed by atoms with van der Waals surface area (Å²) in [4.78, 5) is 11.7. The maximum atomic E-state index is 11.7. The van der Waals surface area contributed by atoms with Gasteiger partial charge in [0.15, 0.2) is 0 Å². The van der Waals surface area contributed by atoms with Crippen molar-refractivity contribution in [2.45, 2.75) is 45.4 Å². The molecule has 0 bridgehead atoms. The van der Waals surface area contributed by atoms with Crippen LogP contribution in [0.4, 0.5) is 0 Å². The van der Waals surface area contributed by atoms with E-state index in [0.29, 0.717) is 11.7 Å². The van der Waals surface area contributed by atoms with Gasteiger partial charge >= 0.3 is 0 Å². The van der Waals surface area contributed by atoms with Crippen LogP contribution in [-0.4, -0.2) is 12.9 Å². The highest BCUT2D eigenvalue weighted by Gasteiger charge is 2.24.